The maximum Gasteiger partial charge on any atom is 0.229 e. The Morgan fingerprint density at radius 2 is 1.96 bits per heavy atom. The molecule has 1 saturated heterocycles. The summed E-state index contributed by atoms with van der Waals surface area (Å²) in [6.07, 6.45) is 4.49. The number of benzene rings is 2. The number of aromatic nitrogens is 1. The molecule has 0 unspecified atom stereocenters. The highest BCUT2D eigenvalue weighted by molar-refractivity contribution is 14.1. The number of hydrogen-bond acceptors (Lipinski definition) is 2. The molecule has 3 aromatic rings. The van der Waals surface area contributed by atoms with Crippen LogP contribution in [0.5, 0.6) is 0 Å². The van der Waals surface area contributed by atoms with Crippen molar-refractivity contribution in [2.24, 2.45) is 5.92 Å². The fourth-order valence-electron chi connectivity index (χ4n) is 3.92. The number of pyridine rings is 1. The summed E-state index contributed by atoms with van der Waals surface area (Å²) in [5, 5.41) is 1.11. The summed E-state index contributed by atoms with van der Waals surface area (Å²) in [4.78, 5) is 19.1. The van der Waals surface area contributed by atoms with E-state index in [0.29, 0.717) is 12.3 Å². The number of β-lactam (4-membered cyclic amide) rings is 1. The highest BCUT2D eigenvalue weighted by atomic mass is 127. The number of hydrogen-bond donors (Lipinski definition) is 0. The van der Waals surface area contributed by atoms with Gasteiger partial charge in [-0.15, -0.1) is 0 Å². The summed E-state index contributed by atoms with van der Waals surface area (Å²) in [6.45, 7) is 2.22. The summed E-state index contributed by atoms with van der Waals surface area (Å²) >= 11 is 2.33. The molecule has 4 rings (SSSR count). The number of halogens is 1. The van der Waals surface area contributed by atoms with Gasteiger partial charge in [-0.25, -0.2) is 0 Å². The minimum Gasteiger partial charge on any atom is -0.306 e. The van der Waals surface area contributed by atoms with Crippen molar-refractivity contribution in [1.29, 1.82) is 0 Å². The van der Waals surface area contributed by atoms with Crippen LogP contribution in [0.25, 0.3) is 10.9 Å². The standard InChI is InChI=1S/C22H21IN2O/c1-2-16(13-15-7-4-3-5-8-15)20-14-21(26)25(20)19-11-10-18(23)17-9-6-12-24-22(17)19/h3-12,16,20H,2,13-14H2,1H3/t16-,20+/m0/s1. The molecule has 1 aliphatic heterocycles. The number of amides is 1. The summed E-state index contributed by atoms with van der Waals surface area (Å²) < 4.78 is 1.16. The van der Waals surface area contributed by atoms with Gasteiger partial charge in [-0.3, -0.25) is 9.78 Å². The molecule has 132 valence electrons. The van der Waals surface area contributed by atoms with Crippen LogP contribution in [0.3, 0.4) is 0 Å². The largest absolute Gasteiger partial charge is 0.306 e. The molecule has 1 aromatic heterocycles. The molecular formula is C22H21IN2O. The highest BCUT2D eigenvalue weighted by Crippen LogP contribution is 2.38. The molecule has 0 bridgehead atoms. The first kappa shape index (κ1) is 17.5. The Hall–Kier alpha value is -1.95. The zero-order chi connectivity index (χ0) is 18.1. The number of fused-ring (bicyclic) bond motifs is 1. The van der Waals surface area contributed by atoms with Crippen molar-refractivity contribution >= 4 is 45.1 Å². The Morgan fingerprint density at radius 1 is 1.15 bits per heavy atom. The van der Waals surface area contributed by atoms with Crippen molar-refractivity contribution in [3.63, 3.8) is 0 Å². The third-order valence-corrected chi connectivity index (χ3v) is 6.29. The minimum absolute atomic E-state index is 0.203. The maximum absolute atomic E-state index is 12.5. The average molecular weight is 456 g/mol. The lowest BCUT2D eigenvalue weighted by Gasteiger charge is -2.45. The molecule has 2 atom stereocenters. The van der Waals surface area contributed by atoms with Crippen LogP contribution in [0.4, 0.5) is 5.69 Å². The normalized spacial score (nSPS) is 18.0. The molecule has 0 radical (unpaired) electrons. The lowest BCUT2D eigenvalue weighted by Crippen LogP contribution is -2.57. The minimum atomic E-state index is 0.203. The van der Waals surface area contributed by atoms with Gasteiger partial charge < -0.3 is 4.90 Å². The molecule has 0 spiro atoms. The van der Waals surface area contributed by atoms with Gasteiger partial charge in [0.05, 0.1) is 11.2 Å². The first-order valence-electron chi connectivity index (χ1n) is 9.08. The number of nitrogens with zero attached hydrogens (tertiary/aromatic N) is 2. The van der Waals surface area contributed by atoms with E-state index in [4.69, 9.17) is 0 Å². The van der Waals surface area contributed by atoms with Crippen molar-refractivity contribution in [2.45, 2.75) is 32.2 Å². The Kier molecular flexibility index (Phi) is 4.94. The van der Waals surface area contributed by atoms with Crippen molar-refractivity contribution < 1.29 is 4.79 Å². The van der Waals surface area contributed by atoms with Crippen LogP contribution in [0.15, 0.2) is 60.8 Å². The molecule has 1 fully saturated rings. The highest BCUT2D eigenvalue weighted by Gasteiger charge is 2.42. The summed E-state index contributed by atoms with van der Waals surface area (Å²) in [6, 6.07) is 19.0. The van der Waals surface area contributed by atoms with E-state index in [2.05, 4.69) is 77.0 Å². The van der Waals surface area contributed by atoms with Gasteiger partial charge in [0.1, 0.15) is 0 Å². The van der Waals surface area contributed by atoms with Crippen LogP contribution >= 0.6 is 22.6 Å². The Balaban J connectivity index is 1.68. The molecular weight excluding hydrogens is 435 g/mol. The van der Waals surface area contributed by atoms with E-state index in [9.17, 15) is 4.79 Å². The molecule has 3 nitrogen and oxygen atoms in total. The van der Waals surface area contributed by atoms with E-state index in [1.807, 2.05) is 23.2 Å². The predicted molar refractivity (Wildman–Crippen MR) is 114 cm³/mol. The third kappa shape index (κ3) is 3.11. The molecule has 1 aliphatic rings. The van der Waals surface area contributed by atoms with Crippen LogP contribution in [0, 0.1) is 9.49 Å². The van der Waals surface area contributed by atoms with E-state index >= 15 is 0 Å². The van der Waals surface area contributed by atoms with E-state index in [0.717, 1.165) is 33.0 Å². The van der Waals surface area contributed by atoms with Gasteiger partial charge in [0.25, 0.3) is 0 Å². The smallest absolute Gasteiger partial charge is 0.229 e. The Labute approximate surface area is 167 Å². The van der Waals surface area contributed by atoms with Gasteiger partial charge in [-0.2, -0.15) is 0 Å². The summed E-state index contributed by atoms with van der Waals surface area (Å²) in [5.41, 5.74) is 3.21. The second-order valence-corrected chi connectivity index (χ2v) is 8.02. The SMILES string of the molecule is CC[C@@H](Cc1ccccc1)[C@H]1CC(=O)N1c1ccc(I)c2cccnc12. The van der Waals surface area contributed by atoms with Crippen LogP contribution in [0.1, 0.15) is 25.3 Å². The fourth-order valence-corrected chi connectivity index (χ4v) is 4.53. The van der Waals surface area contributed by atoms with E-state index in [1.165, 1.54) is 5.56 Å². The molecule has 0 saturated carbocycles. The van der Waals surface area contributed by atoms with Gasteiger partial charge >= 0.3 is 0 Å². The topological polar surface area (TPSA) is 33.2 Å². The Morgan fingerprint density at radius 3 is 2.69 bits per heavy atom. The zero-order valence-electron chi connectivity index (χ0n) is 14.7. The molecule has 2 aromatic carbocycles. The first-order chi connectivity index (χ1) is 12.7. The van der Waals surface area contributed by atoms with Crippen LogP contribution in [-0.2, 0) is 11.2 Å². The van der Waals surface area contributed by atoms with E-state index in [1.54, 1.807) is 0 Å². The number of carbonyl (C=O) groups is 1. The van der Waals surface area contributed by atoms with Crippen LogP contribution in [-0.4, -0.2) is 16.9 Å². The lowest BCUT2D eigenvalue weighted by molar-refractivity contribution is -0.125. The van der Waals surface area contributed by atoms with Crippen molar-refractivity contribution in [3.8, 4) is 0 Å². The average Bonchev–Trinajstić information content (AvgIpc) is 2.67. The summed E-state index contributed by atoms with van der Waals surface area (Å²) in [5.74, 6) is 0.655. The van der Waals surface area contributed by atoms with Crippen molar-refractivity contribution in [3.05, 3.63) is 69.9 Å². The van der Waals surface area contributed by atoms with E-state index < -0.39 is 0 Å². The number of carbonyl (C=O) groups excluding carboxylic acids is 1. The second kappa shape index (κ2) is 7.35. The molecule has 1 amide bonds. The van der Waals surface area contributed by atoms with Gasteiger partial charge in [0.2, 0.25) is 5.91 Å². The van der Waals surface area contributed by atoms with Gasteiger partial charge in [-0.05, 0) is 58.7 Å². The van der Waals surface area contributed by atoms with Gasteiger partial charge in [0, 0.05) is 27.6 Å². The van der Waals surface area contributed by atoms with Crippen LogP contribution < -0.4 is 4.90 Å². The molecule has 0 aliphatic carbocycles. The van der Waals surface area contributed by atoms with Gasteiger partial charge in [-0.1, -0.05) is 49.7 Å². The predicted octanol–water partition coefficient (Wildman–Crippen LogP) is 5.21. The fraction of sp³-hybridized carbons (Fsp3) is 0.273. The number of rotatable bonds is 5. The lowest BCUT2D eigenvalue weighted by atomic mass is 9.82. The molecule has 2 heterocycles. The molecule has 0 N–H and O–H groups in total. The van der Waals surface area contributed by atoms with E-state index in [-0.39, 0.29) is 11.9 Å². The van der Waals surface area contributed by atoms with Crippen LogP contribution in [0.2, 0.25) is 0 Å². The number of anilines is 1. The first-order valence-corrected chi connectivity index (χ1v) is 10.2. The molecule has 26 heavy (non-hydrogen) atoms. The van der Waals surface area contributed by atoms with Crippen molar-refractivity contribution in [1.82, 2.24) is 4.98 Å². The quantitative estimate of drug-likeness (QED) is 0.390. The summed E-state index contributed by atoms with van der Waals surface area (Å²) in [7, 11) is 0. The molecule has 4 heteroatoms. The Bertz CT molecular complexity index is 941. The second-order valence-electron chi connectivity index (χ2n) is 6.86. The monoisotopic (exact) mass is 456 g/mol. The third-order valence-electron chi connectivity index (χ3n) is 5.35. The van der Waals surface area contributed by atoms with Crippen molar-refractivity contribution in [2.75, 3.05) is 4.90 Å². The van der Waals surface area contributed by atoms with Gasteiger partial charge in [0.15, 0.2) is 0 Å². The zero-order valence-corrected chi connectivity index (χ0v) is 16.9. The maximum atomic E-state index is 12.5.